The number of aromatic nitrogens is 8. The predicted octanol–water partition coefficient (Wildman–Crippen LogP) is 3.38. The molecule has 248 valence electrons. The van der Waals surface area contributed by atoms with Gasteiger partial charge in [0.2, 0.25) is 0 Å². The maximum absolute atomic E-state index is 11.5. The van der Waals surface area contributed by atoms with E-state index < -0.39 is 24.3 Å². The first-order valence-electron chi connectivity index (χ1n) is 15.0. The summed E-state index contributed by atoms with van der Waals surface area (Å²) in [7, 11) is 0. The summed E-state index contributed by atoms with van der Waals surface area (Å²) >= 11 is 3.03. The highest BCUT2D eigenvalue weighted by Crippen LogP contribution is 2.44. The molecule has 8 atom stereocenters. The van der Waals surface area contributed by atoms with Gasteiger partial charge in [-0.3, -0.25) is 13.9 Å². The molecule has 1 N–H and O–H groups in total. The summed E-state index contributed by atoms with van der Waals surface area (Å²) in [5.41, 5.74) is 2.83. The first-order valence-corrected chi connectivity index (χ1v) is 17.4. The monoisotopic (exact) mass is 674 g/mol. The normalized spacial score (nSPS) is 30.0. The molecule has 0 bridgehead atoms. The minimum absolute atomic E-state index is 0.0312. The number of esters is 1. The summed E-state index contributed by atoms with van der Waals surface area (Å²) in [4.78, 5) is 37.4. The van der Waals surface area contributed by atoms with E-state index in [0.717, 1.165) is 27.5 Å². The van der Waals surface area contributed by atoms with Crippen molar-refractivity contribution in [2.45, 2.75) is 99.9 Å². The summed E-state index contributed by atoms with van der Waals surface area (Å²) in [6.45, 7) is 9.11. The quantitative estimate of drug-likeness (QED) is 0.172. The van der Waals surface area contributed by atoms with Gasteiger partial charge in [-0.2, -0.15) is 0 Å². The second-order valence-corrected chi connectivity index (χ2v) is 13.2. The van der Waals surface area contributed by atoms with E-state index >= 15 is 0 Å². The van der Waals surface area contributed by atoms with Crippen LogP contribution in [-0.2, 0) is 28.5 Å². The van der Waals surface area contributed by atoms with Gasteiger partial charge in [0, 0.05) is 12.8 Å². The molecule has 0 aromatic carbocycles. The molecular weight excluding hydrogens is 637 g/mol. The van der Waals surface area contributed by atoms with E-state index in [2.05, 4.69) is 36.8 Å². The van der Waals surface area contributed by atoms with Crippen molar-refractivity contribution in [1.82, 2.24) is 39.0 Å². The number of imidazole rings is 2. The first kappa shape index (κ1) is 33.0. The molecule has 3 aliphatic rings. The maximum Gasteiger partial charge on any atom is 0.303 e. The van der Waals surface area contributed by atoms with E-state index in [0.29, 0.717) is 11.3 Å². The molecule has 46 heavy (non-hydrogen) atoms. The summed E-state index contributed by atoms with van der Waals surface area (Å²) in [5.74, 6) is -0.912. The van der Waals surface area contributed by atoms with Gasteiger partial charge in [-0.25, -0.2) is 29.9 Å². The van der Waals surface area contributed by atoms with Crippen molar-refractivity contribution in [3.8, 4) is 0 Å². The molecule has 0 saturated carbocycles. The van der Waals surface area contributed by atoms with Gasteiger partial charge in [0.15, 0.2) is 35.6 Å². The van der Waals surface area contributed by atoms with Crippen LogP contribution >= 0.6 is 23.5 Å². The van der Waals surface area contributed by atoms with Gasteiger partial charge in [0.1, 0.15) is 52.1 Å². The SMILES string of the molecule is CC[C@H]1O[C@@H](n2cnc3c(SC)ncnc32)C(OC(C)=O)[C@H]1C.CSc1ncnc2c1ncn2[C@@H]1O[C@H](CO)[C@@H]2OC(C)(C)OC21. The Morgan fingerprint density at radius 2 is 1.43 bits per heavy atom. The van der Waals surface area contributed by atoms with Gasteiger partial charge in [-0.05, 0) is 32.8 Å². The summed E-state index contributed by atoms with van der Waals surface area (Å²) in [6.07, 6.45) is 8.85. The highest BCUT2D eigenvalue weighted by atomic mass is 32.2. The van der Waals surface area contributed by atoms with Crippen LogP contribution in [0.1, 0.15) is 53.5 Å². The first-order chi connectivity index (χ1) is 22.1. The number of fused-ring (bicyclic) bond motifs is 3. The molecule has 3 fully saturated rings. The second kappa shape index (κ2) is 13.3. The minimum atomic E-state index is -0.708. The third-order valence-electron chi connectivity index (χ3n) is 8.29. The maximum atomic E-state index is 11.5. The third-order valence-corrected chi connectivity index (χ3v) is 9.67. The Kier molecular flexibility index (Phi) is 9.53. The van der Waals surface area contributed by atoms with Crippen molar-refractivity contribution in [2.75, 3.05) is 19.1 Å². The Hall–Kier alpha value is -2.93. The number of thioether (sulfide) groups is 2. The average Bonchev–Trinajstić information content (AvgIpc) is 3.85. The molecule has 3 aliphatic heterocycles. The van der Waals surface area contributed by atoms with Gasteiger partial charge >= 0.3 is 5.97 Å². The van der Waals surface area contributed by atoms with Crippen LogP contribution in [0.25, 0.3) is 22.3 Å². The number of carbonyl (C=O) groups is 1. The number of hydrogen-bond donors (Lipinski definition) is 1. The van der Waals surface area contributed by atoms with E-state index in [1.165, 1.54) is 43.1 Å². The van der Waals surface area contributed by atoms with E-state index in [-0.39, 0.29) is 42.9 Å². The Morgan fingerprint density at radius 1 is 0.891 bits per heavy atom. The van der Waals surface area contributed by atoms with Gasteiger partial charge < -0.3 is 28.8 Å². The smallest absolute Gasteiger partial charge is 0.303 e. The van der Waals surface area contributed by atoms with Crippen LogP contribution in [-0.4, -0.2) is 106 Å². The number of aliphatic hydroxyl groups excluding tert-OH is 1. The number of rotatable bonds is 7. The van der Waals surface area contributed by atoms with Crippen LogP contribution in [0.15, 0.2) is 35.4 Å². The molecule has 4 aromatic rings. The standard InChI is InChI=1S/C15H20N4O3S.C14H18N4O4S/c1-5-10-8(2)12(21-9(3)20)15(22-10)19-7-18-11-13(19)16-6-17-14(11)23-4;1-14(2)21-9-7(4-19)20-13(10(9)22-14)18-6-17-8-11(18)15-5-16-12(8)23-3/h6-8,10,12,15H,5H2,1-4H3;5-7,9-10,13,19H,4H2,1-3H3/t8-,10+,12?,15+;7-,9+,10?,13-/m01/s1. The summed E-state index contributed by atoms with van der Waals surface area (Å²) < 4.78 is 33.2. The van der Waals surface area contributed by atoms with Crippen molar-refractivity contribution in [3.63, 3.8) is 0 Å². The average molecular weight is 675 g/mol. The Labute approximate surface area is 274 Å². The van der Waals surface area contributed by atoms with Crippen LogP contribution in [0.5, 0.6) is 0 Å². The fourth-order valence-electron chi connectivity index (χ4n) is 6.26. The fraction of sp³-hybridized carbons (Fsp3) is 0.621. The van der Waals surface area contributed by atoms with Crippen molar-refractivity contribution < 1.29 is 33.6 Å². The van der Waals surface area contributed by atoms with Crippen molar-refractivity contribution in [1.29, 1.82) is 0 Å². The Bertz CT molecular complexity index is 1700. The van der Waals surface area contributed by atoms with E-state index in [4.69, 9.17) is 23.7 Å². The predicted molar refractivity (Wildman–Crippen MR) is 168 cm³/mol. The number of hydrogen-bond acceptors (Lipinski definition) is 15. The highest BCUT2D eigenvalue weighted by Gasteiger charge is 2.56. The lowest BCUT2D eigenvalue weighted by Crippen LogP contribution is -2.31. The van der Waals surface area contributed by atoms with Crippen LogP contribution < -0.4 is 0 Å². The molecule has 17 heteroatoms. The number of ether oxygens (including phenoxy) is 5. The topological polar surface area (TPSA) is 171 Å². The van der Waals surface area contributed by atoms with Crippen LogP contribution in [0, 0.1) is 5.92 Å². The van der Waals surface area contributed by atoms with Crippen LogP contribution in [0.2, 0.25) is 0 Å². The van der Waals surface area contributed by atoms with Crippen LogP contribution in [0.3, 0.4) is 0 Å². The molecule has 7 rings (SSSR count). The fourth-order valence-corrected chi connectivity index (χ4v) is 7.24. The van der Waals surface area contributed by atoms with E-state index in [1.54, 1.807) is 12.7 Å². The second-order valence-electron chi connectivity index (χ2n) is 11.6. The van der Waals surface area contributed by atoms with Gasteiger partial charge in [-0.15, -0.1) is 23.5 Å². The molecule has 0 amide bonds. The van der Waals surface area contributed by atoms with Crippen LogP contribution in [0.4, 0.5) is 0 Å². The van der Waals surface area contributed by atoms with Crippen molar-refractivity contribution >= 4 is 51.8 Å². The van der Waals surface area contributed by atoms with Crippen molar-refractivity contribution in [2.24, 2.45) is 5.92 Å². The molecule has 0 spiro atoms. The third kappa shape index (κ3) is 5.97. The molecule has 7 heterocycles. The number of nitrogens with zero attached hydrogens (tertiary/aromatic N) is 8. The summed E-state index contributed by atoms with van der Waals surface area (Å²) in [6, 6.07) is 0. The van der Waals surface area contributed by atoms with Gasteiger partial charge in [-0.1, -0.05) is 13.8 Å². The molecule has 4 aromatic heterocycles. The lowest BCUT2D eigenvalue weighted by molar-refractivity contribution is -0.199. The zero-order chi connectivity index (χ0) is 32.7. The Balaban J connectivity index is 0.000000162. The lowest BCUT2D eigenvalue weighted by atomic mass is 9.98. The molecule has 15 nitrogen and oxygen atoms in total. The lowest BCUT2D eigenvalue weighted by Gasteiger charge is -2.24. The summed E-state index contributed by atoms with van der Waals surface area (Å²) in [5, 5.41) is 11.2. The molecule has 2 unspecified atom stereocenters. The Morgan fingerprint density at radius 3 is 1.96 bits per heavy atom. The van der Waals surface area contributed by atoms with Gasteiger partial charge in [0.25, 0.3) is 0 Å². The number of aliphatic hydroxyl groups is 1. The van der Waals surface area contributed by atoms with E-state index in [9.17, 15) is 9.90 Å². The molecular formula is C29H38N8O7S2. The van der Waals surface area contributed by atoms with Crippen molar-refractivity contribution in [3.05, 3.63) is 25.3 Å². The molecule has 0 aliphatic carbocycles. The minimum Gasteiger partial charge on any atom is -0.457 e. The molecule has 3 saturated heterocycles. The van der Waals surface area contributed by atoms with Gasteiger partial charge in [0.05, 0.1) is 25.4 Å². The zero-order valence-electron chi connectivity index (χ0n) is 26.6. The zero-order valence-corrected chi connectivity index (χ0v) is 28.3. The molecule has 0 radical (unpaired) electrons. The highest BCUT2D eigenvalue weighted by molar-refractivity contribution is 7.99. The largest absolute Gasteiger partial charge is 0.457 e. The number of carbonyl (C=O) groups excluding carboxylic acids is 1. The van der Waals surface area contributed by atoms with E-state index in [1.807, 2.05) is 42.4 Å².